The number of amides is 1. The number of carbonyl (C=O) groups is 1. The van der Waals surface area contributed by atoms with Gasteiger partial charge in [-0.05, 0) is 82.1 Å². The van der Waals surface area contributed by atoms with Gasteiger partial charge in [-0.25, -0.2) is 28.1 Å². The topological polar surface area (TPSA) is 163 Å². The van der Waals surface area contributed by atoms with Gasteiger partial charge in [-0.2, -0.15) is 5.10 Å². The molecule has 4 aromatic rings. The van der Waals surface area contributed by atoms with Crippen molar-refractivity contribution in [2.45, 2.75) is 75.2 Å². The standard InChI is InChI=1S/C32H36N8O5S/c1-2-44-28-20-33-19-25(37-28)21-6-8-23(9-7-21)36-30(41)32(27-13-15-34-31(38-27)39-46(42,43)24-10-11-24)14-12-26-22(17-32)18-35-40(26)29-5-3-4-16-45-29/h6-9,13,15,18-20,24,29H,2-5,10-12,14,16-17H2,1H3,(H,36,41)(H,34,38,39). The van der Waals surface area contributed by atoms with E-state index in [1.54, 1.807) is 18.5 Å². The maximum Gasteiger partial charge on any atom is 0.237 e. The Morgan fingerprint density at radius 3 is 2.70 bits per heavy atom. The number of nitrogens with zero attached hydrogens (tertiary/aromatic N) is 6. The third kappa shape index (κ3) is 6.06. The molecule has 46 heavy (non-hydrogen) atoms. The predicted octanol–water partition coefficient (Wildman–Crippen LogP) is 4.20. The number of aromatic nitrogens is 6. The summed E-state index contributed by atoms with van der Waals surface area (Å²) in [6.07, 6.45) is 12.0. The van der Waals surface area contributed by atoms with Crippen LogP contribution < -0.4 is 14.8 Å². The molecule has 1 saturated carbocycles. The van der Waals surface area contributed by atoms with E-state index in [0.717, 1.165) is 36.1 Å². The zero-order valence-corrected chi connectivity index (χ0v) is 26.4. The highest BCUT2D eigenvalue weighted by Crippen LogP contribution is 2.41. The molecule has 14 heteroatoms. The lowest BCUT2D eigenvalue weighted by Crippen LogP contribution is -2.46. The largest absolute Gasteiger partial charge is 0.477 e. The second-order valence-corrected chi connectivity index (χ2v) is 13.9. The number of ether oxygens (including phenoxy) is 2. The van der Waals surface area contributed by atoms with E-state index in [4.69, 9.17) is 9.47 Å². The minimum atomic E-state index is -3.59. The highest BCUT2D eigenvalue weighted by molar-refractivity contribution is 7.93. The normalized spacial score (nSPS) is 21.3. The van der Waals surface area contributed by atoms with E-state index in [1.165, 1.54) is 6.20 Å². The van der Waals surface area contributed by atoms with Crippen LogP contribution in [0.3, 0.4) is 0 Å². The molecule has 1 aliphatic heterocycles. The summed E-state index contributed by atoms with van der Waals surface area (Å²) < 4.78 is 41.4. The lowest BCUT2D eigenvalue weighted by Gasteiger charge is -2.36. The number of anilines is 2. The fourth-order valence-corrected chi connectivity index (χ4v) is 7.50. The van der Waals surface area contributed by atoms with Gasteiger partial charge in [0.1, 0.15) is 6.23 Å². The fraction of sp³-hybridized carbons (Fsp3) is 0.438. The summed E-state index contributed by atoms with van der Waals surface area (Å²) in [5.74, 6) is 0.159. The third-order valence-corrected chi connectivity index (χ3v) is 10.6. The number of nitrogens with one attached hydrogen (secondary N) is 2. The molecule has 240 valence electrons. The van der Waals surface area contributed by atoms with Crippen molar-refractivity contribution in [2.75, 3.05) is 23.3 Å². The van der Waals surface area contributed by atoms with E-state index >= 15 is 0 Å². The molecule has 0 spiro atoms. The van der Waals surface area contributed by atoms with Crippen molar-refractivity contribution < 1.29 is 22.7 Å². The first kappa shape index (κ1) is 30.2. The number of fused-ring (bicyclic) bond motifs is 1. The van der Waals surface area contributed by atoms with Crippen molar-refractivity contribution in [3.05, 3.63) is 72.1 Å². The Kier molecular flexibility index (Phi) is 8.15. The number of hydrogen-bond donors (Lipinski definition) is 2. The molecule has 2 N–H and O–H groups in total. The fourth-order valence-electron chi connectivity index (χ4n) is 6.23. The van der Waals surface area contributed by atoms with Crippen LogP contribution in [0.15, 0.2) is 55.1 Å². The zero-order valence-electron chi connectivity index (χ0n) is 25.6. The zero-order chi connectivity index (χ0) is 31.7. The van der Waals surface area contributed by atoms with Crippen LogP contribution in [0.5, 0.6) is 5.88 Å². The number of rotatable bonds is 10. The summed E-state index contributed by atoms with van der Waals surface area (Å²) in [5, 5.41) is 7.36. The predicted molar refractivity (Wildman–Crippen MR) is 170 cm³/mol. The van der Waals surface area contributed by atoms with Gasteiger partial charge in [0.2, 0.25) is 27.8 Å². The second-order valence-electron chi connectivity index (χ2n) is 12.0. The molecule has 1 saturated heterocycles. The number of sulfonamides is 1. The summed E-state index contributed by atoms with van der Waals surface area (Å²) >= 11 is 0. The van der Waals surface area contributed by atoms with Gasteiger partial charge in [-0.3, -0.25) is 14.5 Å². The van der Waals surface area contributed by atoms with Crippen molar-refractivity contribution in [1.82, 2.24) is 29.7 Å². The molecule has 4 heterocycles. The van der Waals surface area contributed by atoms with E-state index in [2.05, 4.69) is 35.1 Å². The highest BCUT2D eigenvalue weighted by atomic mass is 32.2. The second kappa shape index (κ2) is 12.4. The minimum Gasteiger partial charge on any atom is -0.477 e. The molecule has 2 fully saturated rings. The third-order valence-electron chi connectivity index (χ3n) is 8.81. The van der Waals surface area contributed by atoms with Crippen molar-refractivity contribution in [3.63, 3.8) is 0 Å². The van der Waals surface area contributed by atoms with Crippen LogP contribution in [0, 0.1) is 0 Å². The monoisotopic (exact) mass is 644 g/mol. The van der Waals surface area contributed by atoms with Gasteiger partial charge in [0.25, 0.3) is 0 Å². The molecule has 2 atom stereocenters. The first-order valence-corrected chi connectivity index (χ1v) is 17.3. The number of hydrogen-bond acceptors (Lipinski definition) is 10. The Balaban J connectivity index is 1.19. The van der Waals surface area contributed by atoms with Crippen LogP contribution in [0.2, 0.25) is 0 Å². The van der Waals surface area contributed by atoms with Crippen molar-refractivity contribution in [3.8, 4) is 17.1 Å². The van der Waals surface area contributed by atoms with Gasteiger partial charge in [-0.15, -0.1) is 0 Å². The smallest absolute Gasteiger partial charge is 0.237 e. The van der Waals surface area contributed by atoms with Gasteiger partial charge < -0.3 is 14.8 Å². The van der Waals surface area contributed by atoms with E-state index in [0.29, 0.717) is 68.3 Å². The van der Waals surface area contributed by atoms with Crippen LogP contribution in [0.4, 0.5) is 11.6 Å². The molecule has 1 aromatic carbocycles. The Morgan fingerprint density at radius 2 is 1.93 bits per heavy atom. The van der Waals surface area contributed by atoms with E-state index < -0.39 is 20.7 Å². The summed E-state index contributed by atoms with van der Waals surface area (Å²) in [7, 11) is -3.59. The maximum atomic E-state index is 14.4. The Morgan fingerprint density at radius 1 is 1.09 bits per heavy atom. The quantitative estimate of drug-likeness (QED) is 0.256. The molecule has 13 nitrogen and oxygen atoms in total. The number of carbonyl (C=O) groups excluding carboxylic acids is 1. The van der Waals surface area contributed by atoms with Gasteiger partial charge in [-0.1, -0.05) is 12.1 Å². The molecule has 0 radical (unpaired) electrons. The summed E-state index contributed by atoms with van der Waals surface area (Å²) in [6.45, 7) is 3.08. The number of benzene rings is 1. The van der Waals surface area contributed by atoms with Gasteiger partial charge in [0.05, 0.1) is 47.3 Å². The van der Waals surface area contributed by atoms with Crippen LogP contribution >= 0.6 is 0 Å². The van der Waals surface area contributed by atoms with Crippen LogP contribution in [0.1, 0.15) is 68.6 Å². The molecular formula is C32H36N8O5S. The summed E-state index contributed by atoms with van der Waals surface area (Å²) in [4.78, 5) is 31.9. The molecule has 1 amide bonds. The summed E-state index contributed by atoms with van der Waals surface area (Å²) in [5.41, 5.74) is 3.41. The molecule has 3 aliphatic rings. The molecule has 2 aliphatic carbocycles. The average Bonchev–Trinajstić information content (AvgIpc) is 3.86. The highest BCUT2D eigenvalue weighted by Gasteiger charge is 2.46. The SMILES string of the molecule is CCOc1cncc(-c2ccc(NC(=O)C3(c4ccnc(NS(=O)(=O)C5CC5)n4)CCc4c(cnn4C4CCCCO4)C3)cc2)n1. The van der Waals surface area contributed by atoms with Crippen molar-refractivity contribution >= 4 is 27.6 Å². The molecule has 2 unspecified atom stereocenters. The van der Waals surface area contributed by atoms with Crippen LogP contribution in [0.25, 0.3) is 11.3 Å². The summed E-state index contributed by atoms with van der Waals surface area (Å²) in [6, 6.07) is 9.06. The van der Waals surface area contributed by atoms with Crippen molar-refractivity contribution in [1.29, 1.82) is 0 Å². The van der Waals surface area contributed by atoms with Crippen LogP contribution in [-0.4, -0.2) is 62.5 Å². The lowest BCUT2D eigenvalue weighted by atomic mass is 9.70. The molecule has 3 aromatic heterocycles. The average molecular weight is 645 g/mol. The van der Waals surface area contributed by atoms with E-state index in [9.17, 15) is 13.2 Å². The first-order valence-electron chi connectivity index (χ1n) is 15.7. The minimum absolute atomic E-state index is 0.0339. The Hall–Kier alpha value is -4.43. The lowest BCUT2D eigenvalue weighted by molar-refractivity contribution is -0.122. The molecular weight excluding hydrogens is 608 g/mol. The van der Waals surface area contributed by atoms with Crippen molar-refractivity contribution in [2.24, 2.45) is 0 Å². The maximum absolute atomic E-state index is 14.4. The van der Waals surface area contributed by atoms with Gasteiger partial charge in [0.15, 0.2) is 0 Å². The molecule has 0 bridgehead atoms. The van der Waals surface area contributed by atoms with E-state index in [1.807, 2.05) is 42.1 Å². The van der Waals surface area contributed by atoms with E-state index in [-0.39, 0.29) is 18.1 Å². The Labute approximate surface area is 267 Å². The molecule has 7 rings (SSSR count). The van der Waals surface area contributed by atoms with Gasteiger partial charge >= 0.3 is 0 Å². The Bertz CT molecular complexity index is 1840. The van der Waals surface area contributed by atoms with Crippen LogP contribution in [-0.2, 0) is 37.8 Å². The first-order chi connectivity index (χ1) is 22.3. The van der Waals surface area contributed by atoms with Gasteiger partial charge in [0, 0.05) is 29.7 Å².